The van der Waals surface area contributed by atoms with Crippen molar-refractivity contribution < 1.29 is 18.7 Å². The highest BCUT2D eigenvalue weighted by atomic mass is 19.1. The molecule has 0 saturated heterocycles. The maximum Gasteiger partial charge on any atom is 0.318 e. The van der Waals surface area contributed by atoms with E-state index in [0.29, 0.717) is 0 Å². The van der Waals surface area contributed by atoms with Gasteiger partial charge in [-0.3, -0.25) is 0 Å². The number of hydrogen-bond donors (Lipinski definition) is 2. The summed E-state index contributed by atoms with van der Waals surface area (Å²) in [5.74, 6) is -0.162. The Morgan fingerprint density at radius 3 is 2.54 bits per heavy atom. The van der Waals surface area contributed by atoms with Crippen molar-refractivity contribution in [1.82, 2.24) is 9.97 Å². The quantitative estimate of drug-likeness (QED) is 0.856. The summed E-state index contributed by atoms with van der Waals surface area (Å²) in [5, 5.41) is 0. The number of halogens is 1. The second-order valence-corrected chi connectivity index (χ2v) is 4.31. The molecular formula is C16H23FN4O3. The van der Waals surface area contributed by atoms with Crippen molar-refractivity contribution in [3.05, 3.63) is 41.8 Å². The highest BCUT2D eigenvalue weighted by molar-refractivity contribution is 5.30. The van der Waals surface area contributed by atoms with Gasteiger partial charge >= 0.3 is 6.01 Å². The van der Waals surface area contributed by atoms with Gasteiger partial charge in [-0.2, -0.15) is 4.98 Å². The van der Waals surface area contributed by atoms with E-state index < -0.39 is 5.82 Å². The molecule has 0 unspecified atom stereocenters. The summed E-state index contributed by atoms with van der Waals surface area (Å²) in [6, 6.07) is 7.41. The standard InChI is InChI=1S/C12H12FN3O2.C3H9N.CH2O/c1-17-9-4-2-3-8(5-9)7-18-12-15-6-10(13)11(14)16-12;1-2-3-4;1-2/h2-6H,7H2,1H3,(H2,14,15,16);2-4H2,1H3;1H2. The fourth-order valence-electron chi connectivity index (χ4n) is 1.34. The lowest BCUT2D eigenvalue weighted by molar-refractivity contribution is -0.0979. The van der Waals surface area contributed by atoms with Gasteiger partial charge in [0.15, 0.2) is 11.6 Å². The van der Waals surface area contributed by atoms with Crippen LogP contribution in [0.4, 0.5) is 10.2 Å². The van der Waals surface area contributed by atoms with Crippen LogP contribution in [-0.2, 0) is 11.4 Å². The number of benzene rings is 1. The molecule has 0 bridgehead atoms. The molecule has 0 atom stereocenters. The fraction of sp³-hybridized carbons (Fsp3) is 0.312. The highest BCUT2D eigenvalue weighted by Crippen LogP contribution is 2.15. The SMILES string of the molecule is C=O.CCCN.COc1cccc(COc2ncc(F)c(N)n2)c1. The first-order valence-electron chi connectivity index (χ1n) is 7.13. The number of methoxy groups -OCH3 is 1. The van der Waals surface area contributed by atoms with Crippen LogP contribution in [0.25, 0.3) is 0 Å². The minimum absolute atomic E-state index is 0.0386. The van der Waals surface area contributed by atoms with E-state index in [9.17, 15) is 4.39 Å². The molecule has 1 aromatic heterocycles. The van der Waals surface area contributed by atoms with Gasteiger partial charge in [-0.05, 0) is 30.7 Å². The number of carbonyl (C=O) groups excluding carboxylic acids is 1. The number of hydrogen-bond acceptors (Lipinski definition) is 7. The molecular weight excluding hydrogens is 315 g/mol. The van der Waals surface area contributed by atoms with Gasteiger partial charge in [-0.15, -0.1) is 0 Å². The molecule has 8 heteroatoms. The molecule has 0 radical (unpaired) electrons. The van der Waals surface area contributed by atoms with Crippen LogP contribution in [0, 0.1) is 5.82 Å². The molecule has 0 amide bonds. The smallest absolute Gasteiger partial charge is 0.318 e. The zero-order valence-electron chi connectivity index (χ0n) is 13.9. The Balaban J connectivity index is 0.000000773. The van der Waals surface area contributed by atoms with Crippen molar-refractivity contribution in [2.24, 2.45) is 5.73 Å². The number of rotatable bonds is 5. The van der Waals surface area contributed by atoms with E-state index in [4.69, 9.17) is 25.7 Å². The minimum atomic E-state index is -0.663. The van der Waals surface area contributed by atoms with Crippen molar-refractivity contribution in [1.29, 1.82) is 0 Å². The molecule has 1 aromatic carbocycles. The summed E-state index contributed by atoms with van der Waals surface area (Å²) in [7, 11) is 1.59. The van der Waals surface area contributed by atoms with Gasteiger partial charge in [0.1, 0.15) is 19.1 Å². The number of nitrogens with zero attached hydrogens (tertiary/aromatic N) is 2. The largest absolute Gasteiger partial charge is 0.497 e. The summed E-state index contributed by atoms with van der Waals surface area (Å²) >= 11 is 0. The van der Waals surface area contributed by atoms with Gasteiger partial charge < -0.3 is 25.7 Å². The number of anilines is 1. The summed E-state index contributed by atoms with van der Waals surface area (Å²) in [4.78, 5) is 15.3. The molecule has 132 valence electrons. The van der Waals surface area contributed by atoms with Crippen LogP contribution in [0.3, 0.4) is 0 Å². The molecule has 0 spiro atoms. The van der Waals surface area contributed by atoms with E-state index in [1.807, 2.05) is 31.1 Å². The predicted octanol–water partition coefficient (Wildman–Crippen LogP) is 1.96. The first-order chi connectivity index (χ1) is 11.6. The maximum atomic E-state index is 12.8. The van der Waals surface area contributed by atoms with E-state index in [-0.39, 0.29) is 18.4 Å². The van der Waals surface area contributed by atoms with Crippen LogP contribution in [0.1, 0.15) is 18.9 Å². The summed E-state index contributed by atoms with van der Waals surface area (Å²) < 4.78 is 23.2. The summed E-state index contributed by atoms with van der Waals surface area (Å²) in [6.07, 6.45) is 2.07. The third kappa shape index (κ3) is 8.04. The fourth-order valence-corrected chi connectivity index (χ4v) is 1.34. The molecule has 0 saturated carbocycles. The molecule has 1 heterocycles. The van der Waals surface area contributed by atoms with Crippen molar-refractivity contribution in [3.63, 3.8) is 0 Å². The lowest BCUT2D eigenvalue weighted by Crippen LogP contribution is -2.03. The lowest BCUT2D eigenvalue weighted by Gasteiger charge is -2.06. The first kappa shape index (κ1) is 21.3. The van der Waals surface area contributed by atoms with Gasteiger partial charge in [0, 0.05) is 0 Å². The minimum Gasteiger partial charge on any atom is -0.497 e. The molecule has 0 aliphatic heterocycles. The second-order valence-electron chi connectivity index (χ2n) is 4.31. The Kier molecular flexibility index (Phi) is 11.3. The van der Waals surface area contributed by atoms with Crippen molar-refractivity contribution in [2.45, 2.75) is 20.0 Å². The topological polar surface area (TPSA) is 113 Å². The second kappa shape index (κ2) is 12.8. The Morgan fingerprint density at radius 1 is 1.33 bits per heavy atom. The van der Waals surface area contributed by atoms with E-state index >= 15 is 0 Å². The normalized spacial score (nSPS) is 9.00. The zero-order valence-corrected chi connectivity index (χ0v) is 13.9. The summed E-state index contributed by atoms with van der Waals surface area (Å²) in [6.45, 7) is 5.13. The lowest BCUT2D eigenvalue weighted by atomic mass is 10.2. The van der Waals surface area contributed by atoms with E-state index in [2.05, 4.69) is 16.9 Å². The van der Waals surface area contributed by atoms with Crippen LogP contribution >= 0.6 is 0 Å². The monoisotopic (exact) mass is 338 g/mol. The van der Waals surface area contributed by atoms with Crippen molar-refractivity contribution in [2.75, 3.05) is 19.4 Å². The summed E-state index contributed by atoms with van der Waals surface area (Å²) in [5.41, 5.74) is 11.2. The van der Waals surface area contributed by atoms with Gasteiger partial charge in [0.25, 0.3) is 0 Å². The van der Waals surface area contributed by atoms with Crippen LogP contribution in [0.15, 0.2) is 30.5 Å². The van der Waals surface area contributed by atoms with Gasteiger partial charge in [0.05, 0.1) is 13.3 Å². The highest BCUT2D eigenvalue weighted by Gasteiger charge is 2.04. The molecule has 0 aliphatic rings. The third-order valence-corrected chi connectivity index (χ3v) is 2.54. The zero-order chi connectivity index (χ0) is 18.4. The Bertz CT molecular complexity index is 597. The molecule has 7 nitrogen and oxygen atoms in total. The molecule has 4 N–H and O–H groups in total. The third-order valence-electron chi connectivity index (χ3n) is 2.54. The molecule has 0 aliphatic carbocycles. The average Bonchev–Trinajstić information content (AvgIpc) is 2.64. The van der Waals surface area contributed by atoms with Crippen LogP contribution < -0.4 is 20.9 Å². The van der Waals surface area contributed by atoms with Gasteiger partial charge in [-0.1, -0.05) is 19.1 Å². The van der Waals surface area contributed by atoms with Crippen molar-refractivity contribution >= 4 is 12.6 Å². The first-order valence-corrected chi connectivity index (χ1v) is 7.13. The number of nitrogens with two attached hydrogens (primary N) is 2. The predicted molar refractivity (Wildman–Crippen MR) is 90.2 cm³/mol. The number of nitrogen functional groups attached to an aromatic ring is 1. The van der Waals surface area contributed by atoms with E-state index in [1.165, 1.54) is 0 Å². The van der Waals surface area contributed by atoms with Gasteiger partial charge in [0.2, 0.25) is 0 Å². The number of aromatic nitrogens is 2. The number of carbonyl (C=O) groups is 1. The Morgan fingerprint density at radius 2 is 2.00 bits per heavy atom. The molecule has 2 aromatic rings. The average molecular weight is 338 g/mol. The Hall–Kier alpha value is -2.74. The Labute approximate surface area is 140 Å². The van der Waals surface area contributed by atoms with Crippen molar-refractivity contribution in [3.8, 4) is 11.8 Å². The molecule has 0 fully saturated rings. The van der Waals surface area contributed by atoms with Gasteiger partial charge in [-0.25, -0.2) is 9.37 Å². The molecule has 24 heavy (non-hydrogen) atoms. The molecule has 2 rings (SSSR count). The van der Waals surface area contributed by atoms with Crippen LogP contribution in [-0.4, -0.2) is 30.4 Å². The van der Waals surface area contributed by atoms with E-state index in [1.54, 1.807) is 7.11 Å². The number of ether oxygens (including phenoxy) is 2. The van der Waals surface area contributed by atoms with Crippen LogP contribution in [0.5, 0.6) is 11.8 Å². The van der Waals surface area contributed by atoms with Crippen LogP contribution in [0.2, 0.25) is 0 Å². The van der Waals surface area contributed by atoms with E-state index in [0.717, 1.165) is 30.5 Å². The maximum absolute atomic E-state index is 12.8.